The van der Waals surface area contributed by atoms with Crippen molar-refractivity contribution < 1.29 is 23.2 Å². The van der Waals surface area contributed by atoms with Crippen LogP contribution in [0.5, 0.6) is 0 Å². The summed E-state index contributed by atoms with van der Waals surface area (Å²) in [4.78, 5) is 27.0. The average Bonchev–Trinajstić information content (AvgIpc) is 3.53. The molecule has 1 atom stereocenters. The molecular weight excluding hydrogens is 386 g/mol. The van der Waals surface area contributed by atoms with E-state index in [0.717, 1.165) is 0 Å². The van der Waals surface area contributed by atoms with Crippen LogP contribution in [0.2, 0.25) is 0 Å². The lowest BCUT2D eigenvalue weighted by molar-refractivity contribution is -0.131. The second-order valence-electron chi connectivity index (χ2n) is 6.86. The van der Waals surface area contributed by atoms with Crippen LogP contribution in [-0.2, 0) is 9.53 Å². The van der Waals surface area contributed by atoms with Crippen LogP contribution in [0.3, 0.4) is 0 Å². The minimum absolute atomic E-state index is 0.0140. The predicted molar refractivity (Wildman–Crippen MR) is 109 cm³/mol. The number of rotatable bonds is 6. The van der Waals surface area contributed by atoms with Crippen LogP contribution in [0, 0.1) is 0 Å². The van der Waals surface area contributed by atoms with Gasteiger partial charge in [-0.1, -0.05) is 12.1 Å². The Bertz CT molecular complexity index is 1060. The van der Waals surface area contributed by atoms with E-state index >= 15 is 0 Å². The van der Waals surface area contributed by atoms with Gasteiger partial charge in [0.25, 0.3) is 5.91 Å². The number of likely N-dealkylation sites (N-methyl/N-ethyl adjacent to an activating group) is 1. The maximum absolute atomic E-state index is 13.2. The number of carbonyl (C=O) groups excluding carboxylic acids is 2. The molecule has 1 amide bonds. The molecular formula is C22H21N3O5. The van der Waals surface area contributed by atoms with Gasteiger partial charge in [0.2, 0.25) is 0 Å². The van der Waals surface area contributed by atoms with E-state index in [1.54, 1.807) is 60.9 Å². The van der Waals surface area contributed by atoms with Crippen LogP contribution in [0.25, 0.3) is 0 Å². The lowest BCUT2D eigenvalue weighted by Gasteiger charge is -2.25. The number of carbonyl (C=O) groups is 2. The minimum atomic E-state index is -0.460. The molecule has 3 heterocycles. The van der Waals surface area contributed by atoms with Gasteiger partial charge in [-0.15, -0.1) is 0 Å². The van der Waals surface area contributed by atoms with Crippen molar-refractivity contribution in [2.24, 2.45) is 5.10 Å². The van der Waals surface area contributed by atoms with Gasteiger partial charge >= 0.3 is 5.97 Å². The first-order valence-corrected chi connectivity index (χ1v) is 9.43. The third-order valence-electron chi connectivity index (χ3n) is 4.94. The molecule has 3 aromatic rings. The molecule has 4 rings (SSSR count). The van der Waals surface area contributed by atoms with Crippen molar-refractivity contribution in [1.29, 1.82) is 0 Å². The number of hydrogen-bond acceptors (Lipinski definition) is 7. The van der Waals surface area contributed by atoms with Crippen LogP contribution in [-0.4, -0.2) is 43.3 Å². The van der Waals surface area contributed by atoms with Crippen molar-refractivity contribution >= 4 is 23.3 Å². The fraction of sp³-hybridized carbons (Fsp3) is 0.227. The van der Waals surface area contributed by atoms with Gasteiger partial charge in [-0.25, -0.2) is 9.80 Å². The predicted octanol–water partition coefficient (Wildman–Crippen LogP) is 3.47. The number of methoxy groups -OCH3 is 1. The summed E-state index contributed by atoms with van der Waals surface area (Å²) in [7, 11) is 3.07. The Hall–Kier alpha value is -3.81. The molecule has 8 heteroatoms. The fourth-order valence-electron chi connectivity index (χ4n) is 3.48. The van der Waals surface area contributed by atoms with Gasteiger partial charge in [0, 0.05) is 13.5 Å². The second-order valence-corrected chi connectivity index (χ2v) is 6.86. The van der Waals surface area contributed by atoms with E-state index < -0.39 is 5.97 Å². The smallest absolute Gasteiger partial charge is 0.339 e. The number of amides is 1. The Kier molecular flexibility index (Phi) is 5.38. The number of anilines is 1. The Morgan fingerprint density at radius 2 is 1.90 bits per heavy atom. The molecule has 0 bridgehead atoms. The maximum atomic E-state index is 13.2. The molecule has 0 spiro atoms. The first-order chi connectivity index (χ1) is 14.6. The molecule has 0 saturated carbocycles. The van der Waals surface area contributed by atoms with Crippen molar-refractivity contribution in [3.05, 3.63) is 78.1 Å². The van der Waals surface area contributed by atoms with Crippen molar-refractivity contribution in [3.63, 3.8) is 0 Å². The molecule has 0 fully saturated rings. The summed E-state index contributed by atoms with van der Waals surface area (Å²) in [5, 5.41) is 5.94. The Morgan fingerprint density at radius 3 is 2.60 bits per heavy atom. The summed E-state index contributed by atoms with van der Waals surface area (Å²) in [5.74, 6) is 0.565. The number of ether oxygens (including phenoxy) is 1. The highest BCUT2D eigenvalue weighted by Gasteiger charge is 2.36. The quantitative estimate of drug-likeness (QED) is 0.582. The molecule has 30 heavy (non-hydrogen) atoms. The van der Waals surface area contributed by atoms with Crippen LogP contribution >= 0.6 is 0 Å². The van der Waals surface area contributed by atoms with Crippen molar-refractivity contribution in [2.45, 2.75) is 12.5 Å². The molecule has 0 unspecified atom stereocenters. The van der Waals surface area contributed by atoms with Crippen LogP contribution in [0.15, 0.2) is 75.0 Å². The number of furan rings is 2. The summed E-state index contributed by atoms with van der Waals surface area (Å²) in [6.45, 7) is 0.0140. The van der Waals surface area contributed by atoms with E-state index in [1.165, 1.54) is 12.1 Å². The largest absolute Gasteiger partial charge is 0.467 e. The molecule has 0 aliphatic carbocycles. The molecule has 0 radical (unpaired) electrons. The number of hydrogen-bond donors (Lipinski definition) is 0. The zero-order valence-electron chi connectivity index (χ0n) is 16.6. The highest BCUT2D eigenvalue weighted by Crippen LogP contribution is 2.33. The standard InChI is InChI=1S/C22H21N3O5/c1-24(17-8-4-3-7-15(17)22(27)28-2)14-21(26)25-18(20-10-6-12-30-20)13-16(23-25)19-9-5-11-29-19/h3-12,18H,13-14H2,1-2H3/t18-/m0/s1. The Morgan fingerprint density at radius 1 is 1.13 bits per heavy atom. The monoisotopic (exact) mass is 407 g/mol. The third kappa shape index (κ3) is 3.71. The van der Waals surface area contributed by atoms with Crippen LogP contribution in [0.4, 0.5) is 5.69 Å². The highest BCUT2D eigenvalue weighted by molar-refractivity contribution is 6.01. The number of hydrazone groups is 1. The molecule has 1 aromatic carbocycles. The van der Waals surface area contributed by atoms with Crippen molar-refractivity contribution in [2.75, 3.05) is 25.6 Å². The van der Waals surface area contributed by atoms with E-state index in [9.17, 15) is 9.59 Å². The fourth-order valence-corrected chi connectivity index (χ4v) is 3.48. The van der Waals surface area contributed by atoms with Crippen LogP contribution < -0.4 is 4.90 Å². The average molecular weight is 407 g/mol. The van der Waals surface area contributed by atoms with Gasteiger partial charge in [0.05, 0.1) is 37.4 Å². The zero-order valence-corrected chi connectivity index (χ0v) is 16.6. The van der Waals surface area contributed by atoms with Gasteiger partial charge in [0.1, 0.15) is 23.3 Å². The van der Waals surface area contributed by atoms with E-state index in [-0.39, 0.29) is 18.5 Å². The first-order valence-electron chi connectivity index (χ1n) is 9.43. The van der Waals surface area contributed by atoms with Gasteiger partial charge in [0.15, 0.2) is 0 Å². The third-order valence-corrected chi connectivity index (χ3v) is 4.94. The number of nitrogens with zero attached hydrogens (tertiary/aromatic N) is 3. The summed E-state index contributed by atoms with van der Waals surface area (Å²) >= 11 is 0. The number of para-hydroxylation sites is 1. The molecule has 0 N–H and O–H groups in total. The highest BCUT2D eigenvalue weighted by atomic mass is 16.5. The van der Waals surface area contributed by atoms with E-state index in [2.05, 4.69) is 5.10 Å². The van der Waals surface area contributed by atoms with E-state index in [0.29, 0.717) is 34.9 Å². The summed E-state index contributed by atoms with van der Waals surface area (Å²) in [6.07, 6.45) is 3.62. The maximum Gasteiger partial charge on any atom is 0.339 e. The van der Waals surface area contributed by atoms with Gasteiger partial charge in [-0.05, 0) is 36.4 Å². The van der Waals surface area contributed by atoms with Gasteiger partial charge < -0.3 is 18.5 Å². The topological polar surface area (TPSA) is 88.5 Å². The lowest BCUT2D eigenvalue weighted by Crippen LogP contribution is -2.37. The van der Waals surface area contributed by atoms with Crippen molar-refractivity contribution in [3.8, 4) is 0 Å². The SMILES string of the molecule is COC(=O)c1ccccc1N(C)CC(=O)N1N=C(c2ccco2)C[C@H]1c1ccco1. The second kappa shape index (κ2) is 8.28. The number of esters is 1. The Labute approximate surface area is 173 Å². The normalized spacial score (nSPS) is 15.7. The molecule has 8 nitrogen and oxygen atoms in total. The van der Waals surface area contributed by atoms with Crippen LogP contribution in [0.1, 0.15) is 34.3 Å². The number of benzene rings is 1. The molecule has 2 aromatic heterocycles. The van der Waals surface area contributed by atoms with Gasteiger partial charge in [-0.3, -0.25) is 4.79 Å². The van der Waals surface area contributed by atoms with E-state index in [4.69, 9.17) is 13.6 Å². The lowest BCUT2D eigenvalue weighted by atomic mass is 10.1. The molecule has 1 aliphatic rings. The van der Waals surface area contributed by atoms with Gasteiger partial charge in [-0.2, -0.15) is 5.10 Å². The summed E-state index contributed by atoms with van der Waals surface area (Å²) in [5.41, 5.74) is 1.66. The Balaban J connectivity index is 1.58. The molecule has 1 aliphatic heterocycles. The minimum Gasteiger partial charge on any atom is -0.467 e. The first kappa shape index (κ1) is 19.5. The van der Waals surface area contributed by atoms with Crippen molar-refractivity contribution in [1.82, 2.24) is 5.01 Å². The summed E-state index contributed by atoms with van der Waals surface area (Å²) in [6, 6.07) is 13.8. The van der Waals surface area contributed by atoms with E-state index in [1.807, 2.05) is 12.1 Å². The molecule has 0 saturated heterocycles. The summed E-state index contributed by atoms with van der Waals surface area (Å²) < 4.78 is 15.8. The molecule has 154 valence electrons. The zero-order chi connectivity index (χ0) is 21.1.